The molecule has 220 valence electrons. The highest BCUT2D eigenvalue weighted by atomic mass is 16.5. The zero-order valence-corrected chi connectivity index (χ0v) is 23.0. The average molecular weight is 572 g/mol. The summed E-state index contributed by atoms with van der Waals surface area (Å²) >= 11 is 0. The minimum absolute atomic E-state index is 0.0810. The van der Waals surface area contributed by atoms with Gasteiger partial charge in [0.25, 0.3) is 18.3 Å². The second-order valence-electron chi connectivity index (χ2n) is 9.87. The number of likely N-dealkylation sites (tertiary alicyclic amines) is 1. The van der Waals surface area contributed by atoms with Crippen LogP contribution >= 0.6 is 0 Å². The Kier molecular flexibility index (Phi) is 10.7. The third kappa shape index (κ3) is 7.97. The molecule has 1 saturated heterocycles. The maximum Gasteiger partial charge on any atom is 0.293 e. The van der Waals surface area contributed by atoms with Gasteiger partial charge in [-0.15, -0.1) is 0 Å². The average Bonchev–Trinajstić information content (AvgIpc) is 3.42. The lowest BCUT2D eigenvalue weighted by Gasteiger charge is -2.26. The van der Waals surface area contributed by atoms with Crippen molar-refractivity contribution < 1.29 is 43.0 Å². The summed E-state index contributed by atoms with van der Waals surface area (Å²) in [5.41, 5.74) is 1.20. The Morgan fingerprint density at radius 3 is 2.29 bits per heavy atom. The monoisotopic (exact) mass is 571 g/mol. The molecule has 2 aliphatic rings. The van der Waals surface area contributed by atoms with E-state index in [0.717, 1.165) is 22.6 Å². The van der Waals surface area contributed by atoms with Crippen molar-refractivity contribution >= 4 is 47.6 Å². The van der Waals surface area contributed by atoms with Crippen LogP contribution < -0.4 is 16.0 Å². The summed E-state index contributed by atoms with van der Waals surface area (Å²) < 4.78 is 9.84. The van der Waals surface area contributed by atoms with Crippen molar-refractivity contribution in [2.75, 3.05) is 32.1 Å². The van der Waals surface area contributed by atoms with Crippen LogP contribution in [-0.2, 0) is 49.6 Å². The highest BCUT2D eigenvalue weighted by Crippen LogP contribution is 2.26. The van der Waals surface area contributed by atoms with E-state index < -0.39 is 60.1 Å². The van der Waals surface area contributed by atoms with Crippen molar-refractivity contribution in [3.05, 3.63) is 42.0 Å². The van der Waals surface area contributed by atoms with Crippen molar-refractivity contribution in [1.29, 1.82) is 0 Å². The normalized spacial score (nSPS) is 19.0. The molecular formula is C27H33N5O9. The van der Waals surface area contributed by atoms with Crippen molar-refractivity contribution in [3.63, 3.8) is 0 Å². The molecule has 3 N–H and O–H groups in total. The first-order valence-electron chi connectivity index (χ1n) is 12.9. The number of imide groups is 1. The maximum atomic E-state index is 13.1. The number of nitrogens with one attached hydrogen (secondary N) is 3. The minimum atomic E-state index is -1.05. The summed E-state index contributed by atoms with van der Waals surface area (Å²) in [7, 11) is 1.43. The molecule has 3 unspecified atom stereocenters. The number of carbonyl (C=O) groups excluding carboxylic acids is 7. The van der Waals surface area contributed by atoms with Crippen molar-refractivity contribution in [2.45, 2.75) is 45.0 Å². The van der Waals surface area contributed by atoms with E-state index in [-0.39, 0.29) is 32.1 Å². The number of ether oxygens (including phenoxy) is 2. The highest BCUT2D eigenvalue weighted by Gasteiger charge is 2.47. The van der Waals surface area contributed by atoms with E-state index in [4.69, 9.17) is 4.74 Å². The molecule has 1 aromatic carbocycles. The van der Waals surface area contributed by atoms with E-state index in [2.05, 4.69) is 20.7 Å². The SMILES string of the molecule is COCC1CC(N2C(=O)C=CC2=O)C(=O)N1CC(=O)NC(C(=O)NCC(=O)Nc1ccc(COC=O)cc1)C(C)C. The van der Waals surface area contributed by atoms with Gasteiger partial charge in [0.05, 0.1) is 25.7 Å². The molecular weight excluding hydrogens is 538 g/mol. The quantitative estimate of drug-likeness (QED) is 0.188. The fourth-order valence-electron chi connectivity index (χ4n) is 4.56. The van der Waals surface area contributed by atoms with Gasteiger partial charge in [0.15, 0.2) is 0 Å². The summed E-state index contributed by atoms with van der Waals surface area (Å²) in [6.45, 7) is 3.17. The number of hydrogen-bond donors (Lipinski definition) is 3. The minimum Gasteiger partial charge on any atom is -0.463 e. The number of rotatable bonds is 14. The molecule has 2 aliphatic heterocycles. The lowest BCUT2D eigenvalue weighted by atomic mass is 10.0. The summed E-state index contributed by atoms with van der Waals surface area (Å²) in [6, 6.07) is 3.95. The van der Waals surface area contributed by atoms with E-state index in [0.29, 0.717) is 12.2 Å². The molecule has 0 saturated carbocycles. The predicted octanol–water partition coefficient (Wildman–Crippen LogP) is -0.904. The van der Waals surface area contributed by atoms with Crippen LogP contribution in [0.4, 0.5) is 5.69 Å². The third-order valence-corrected chi connectivity index (χ3v) is 6.58. The Morgan fingerprint density at radius 1 is 1.05 bits per heavy atom. The number of carbonyl (C=O) groups is 7. The van der Waals surface area contributed by atoms with Crippen LogP contribution in [0.2, 0.25) is 0 Å². The van der Waals surface area contributed by atoms with Gasteiger partial charge < -0.3 is 30.3 Å². The Labute approximate surface area is 236 Å². The Bertz CT molecular complexity index is 1200. The largest absolute Gasteiger partial charge is 0.463 e. The van der Waals surface area contributed by atoms with E-state index in [1.807, 2.05) is 0 Å². The second kappa shape index (κ2) is 14.2. The molecule has 41 heavy (non-hydrogen) atoms. The zero-order chi connectivity index (χ0) is 30.1. The number of amides is 6. The molecule has 6 amide bonds. The number of nitrogens with zero attached hydrogens (tertiary/aromatic N) is 2. The summed E-state index contributed by atoms with van der Waals surface area (Å²) in [5, 5.41) is 7.74. The van der Waals surface area contributed by atoms with Gasteiger partial charge in [-0.1, -0.05) is 26.0 Å². The van der Waals surface area contributed by atoms with Gasteiger partial charge >= 0.3 is 0 Å². The number of anilines is 1. The topological polar surface area (TPSA) is 181 Å². The molecule has 0 aromatic heterocycles. The van der Waals surface area contributed by atoms with Gasteiger partial charge in [0.1, 0.15) is 18.7 Å². The standard InChI is InChI=1S/C27H33N5O9/c1-16(2)25(26(38)28-11-21(34)29-18-6-4-17(5-7-18)13-41-15-33)30-22(35)12-31-19(14-40-3)10-20(27(31)39)32-23(36)8-9-24(32)37/h4-9,15-16,19-20,25H,10-14H2,1-3H3,(H,28,38)(H,29,34)(H,30,35). The van der Waals surface area contributed by atoms with Crippen LogP contribution in [0.15, 0.2) is 36.4 Å². The zero-order valence-electron chi connectivity index (χ0n) is 23.0. The van der Waals surface area contributed by atoms with E-state index in [1.165, 1.54) is 12.0 Å². The maximum absolute atomic E-state index is 13.1. The Hall–Kier alpha value is -4.59. The van der Waals surface area contributed by atoms with Gasteiger partial charge in [-0.2, -0.15) is 0 Å². The molecule has 2 heterocycles. The highest BCUT2D eigenvalue weighted by molar-refractivity contribution is 6.15. The third-order valence-electron chi connectivity index (χ3n) is 6.58. The van der Waals surface area contributed by atoms with Gasteiger partial charge in [0, 0.05) is 31.4 Å². The summed E-state index contributed by atoms with van der Waals surface area (Å²) in [6.07, 6.45) is 2.29. The lowest BCUT2D eigenvalue weighted by Crippen LogP contribution is -2.54. The Morgan fingerprint density at radius 2 is 1.71 bits per heavy atom. The number of benzene rings is 1. The molecule has 3 atom stereocenters. The van der Waals surface area contributed by atoms with Gasteiger partial charge in [-0.05, 0) is 23.6 Å². The first-order chi connectivity index (χ1) is 19.5. The predicted molar refractivity (Wildman–Crippen MR) is 142 cm³/mol. The van der Waals surface area contributed by atoms with Gasteiger partial charge in [-0.3, -0.25) is 38.5 Å². The molecule has 3 rings (SSSR count). The Balaban J connectivity index is 1.55. The summed E-state index contributed by atoms with van der Waals surface area (Å²) in [5.74, 6) is -3.85. The smallest absolute Gasteiger partial charge is 0.293 e. The molecule has 0 radical (unpaired) electrons. The van der Waals surface area contributed by atoms with E-state index in [1.54, 1.807) is 38.1 Å². The number of methoxy groups -OCH3 is 1. The van der Waals surface area contributed by atoms with Gasteiger partial charge in [-0.25, -0.2) is 0 Å². The molecule has 0 aliphatic carbocycles. The molecule has 0 spiro atoms. The molecule has 1 aromatic rings. The van der Waals surface area contributed by atoms with Crippen LogP contribution in [0, 0.1) is 5.92 Å². The summed E-state index contributed by atoms with van der Waals surface area (Å²) in [4.78, 5) is 87.9. The number of hydrogen-bond acceptors (Lipinski definition) is 9. The van der Waals surface area contributed by atoms with Crippen LogP contribution in [0.1, 0.15) is 25.8 Å². The van der Waals surface area contributed by atoms with Gasteiger partial charge in [0.2, 0.25) is 23.6 Å². The van der Waals surface area contributed by atoms with Crippen LogP contribution in [-0.4, -0.2) is 96.6 Å². The van der Waals surface area contributed by atoms with Crippen molar-refractivity contribution in [3.8, 4) is 0 Å². The van der Waals surface area contributed by atoms with Crippen LogP contribution in [0.3, 0.4) is 0 Å². The molecule has 1 fully saturated rings. The van der Waals surface area contributed by atoms with E-state index in [9.17, 15) is 33.6 Å². The van der Waals surface area contributed by atoms with Crippen molar-refractivity contribution in [2.24, 2.45) is 5.92 Å². The molecule has 14 heteroatoms. The molecule has 0 bridgehead atoms. The fourth-order valence-corrected chi connectivity index (χ4v) is 4.56. The van der Waals surface area contributed by atoms with Crippen LogP contribution in [0.5, 0.6) is 0 Å². The van der Waals surface area contributed by atoms with Crippen LogP contribution in [0.25, 0.3) is 0 Å². The first-order valence-corrected chi connectivity index (χ1v) is 12.9. The molecule has 14 nitrogen and oxygen atoms in total. The second-order valence-corrected chi connectivity index (χ2v) is 9.87. The lowest BCUT2D eigenvalue weighted by molar-refractivity contribution is -0.147. The van der Waals surface area contributed by atoms with Crippen molar-refractivity contribution in [1.82, 2.24) is 20.4 Å². The fraction of sp³-hybridized carbons (Fsp3) is 0.444. The first kappa shape index (κ1) is 30.9. The van der Waals surface area contributed by atoms with E-state index >= 15 is 0 Å².